The first-order valence-corrected chi connectivity index (χ1v) is 10.6. The van der Waals surface area contributed by atoms with Crippen LogP contribution in [-0.4, -0.2) is 21.5 Å². The molecule has 0 fully saturated rings. The number of rotatable bonds is 4. The van der Waals surface area contributed by atoms with E-state index >= 15 is 0 Å². The standard InChI is InChI=1S/C13H9N.C6H12O2.CH4.ClH.2H2N.H2O.Pt/c1-2-6-11-10(5-1)9-14-13-8-4-3-7-12(11)13;1-2-3-4-5-6(7)8;;;;;;/h1-9H;2-5H2,1H3,(H,7,8);1H4;1H;3*1H2;/q;;;;2*-1;;+1/p-1. The number of fused-ring (bicyclic) bond motifs is 3. The zero-order valence-electron chi connectivity index (χ0n) is 15.2. The predicted octanol–water partition coefficient (Wildman–Crippen LogP) is 6.97. The van der Waals surface area contributed by atoms with Crippen molar-refractivity contribution in [1.29, 1.82) is 0 Å². The molecule has 1 heterocycles. The van der Waals surface area contributed by atoms with Crippen LogP contribution >= 0.6 is 9.42 Å². The number of carboxylic acid groups (broad SMARTS) is 1. The predicted molar refractivity (Wildman–Crippen MR) is 118 cm³/mol. The number of benzene rings is 2. The topological polar surface area (TPSA) is 149 Å². The monoisotopic (exact) mass is 591 g/mol. The summed E-state index contributed by atoms with van der Waals surface area (Å²) in [5.74, 6) is -0.682. The van der Waals surface area contributed by atoms with Crippen LogP contribution in [0.2, 0.25) is 0 Å². The first-order chi connectivity index (χ1) is 11.7. The molecule has 0 amide bonds. The van der Waals surface area contributed by atoms with E-state index < -0.39 is 5.97 Å². The van der Waals surface area contributed by atoms with Crippen LogP contribution in [0.1, 0.15) is 40.0 Å². The molecule has 0 atom stereocenters. The molecule has 28 heavy (non-hydrogen) atoms. The average molecular weight is 592 g/mol. The molecular formula is C20H31ClN3O3Pt-2. The quantitative estimate of drug-likeness (QED) is 0.258. The number of halogens is 1. The van der Waals surface area contributed by atoms with E-state index in [2.05, 4.69) is 51.7 Å². The molecule has 0 bridgehead atoms. The van der Waals surface area contributed by atoms with Gasteiger partial charge in [-0.2, -0.15) is 0 Å². The zero-order valence-corrected chi connectivity index (χ0v) is 18.2. The first-order valence-electron chi connectivity index (χ1n) is 7.78. The summed E-state index contributed by atoms with van der Waals surface area (Å²) in [6.45, 7) is 2.06. The number of aromatic nitrogens is 1. The molecule has 0 radical (unpaired) electrons. The fourth-order valence-corrected chi connectivity index (χ4v) is 2.33. The summed E-state index contributed by atoms with van der Waals surface area (Å²) in [6, 6.07) is 16.6. The van der Waals surface area contributed by atoms with Crippen LogP contribution in [0.25, 0.3) is 34.0 Å². The van der Waals surface area contributed by atoms with Gasteiger partial charge in [0.1, 0.15) is 0 Å². The molecule has 7 N–H and O–H groups in total. The smallest absolute Gasteiger partial charge is 0.0708 e. The van der Waals surface area contributed by atoms with Gasteiger partial charge in [-0.3, -0.25) is 9.78 Å². The number of hydrogen-bond donors (Lipinski definition) is 1. The molecule has 0 unspecified atom stereocenters. The maximum atomic E-state index is 9.87. The van der Waals surface area contributed by atoms with Crippen LogP contribution in [0.5, 0.6) is 0 Å². The number of carboxylic acids is 1. The van der Waals surface area contributed by atoms with Gasteiger partial charge >= 0.3 is 34.2 Å². The van der Waals surface area contributed by atoms with E-state index in [1.165, 1.54) is 16.2 Å². The summed E-state index contributed by atoms with van der Waals surface area (Å²) < 4.78 is 0. The molecular weight excluding hydrogens is 561 g/mol. The van der Waals surface area contributed by atoms with Gasteiger partial charge in [-0.1, -0.05) is 69.7 Å². The zero-order chi connectivity index (χ0) is 17.8. The van der Waals surface area contributed by atoms with Gasteiger partial charge in [0.2, 0.25) is 0 Å². The third kappa shape index (κ3) is 11.3. The number of nitrogens with zero attached hydrogens (tertiary/aromatic N) is 1. The Balaban J connectivity index is -0.000000184. The van der Waals surface area contributed by atoms with Crippen molar-refractivity contribution in [3.8, 4) is 0 Å². The van der Waals surface area contributed by atoms with Crippen LogP contribution < -0.4 is 0 Å². The van der Waals surface area contributed by atoms with Crippen molar-refractivity contribution in [2.45, 2.75) is 40.0 Å². The summed E-state index contributed by atoms with van der Waals surface area (Å²) in [5.41, 5.74) is 1.06. The third-order valence-corrected chi connectivity index (χ3v) is 3.49. The maximum absolute atomic E-state index is 9.87. The Bertz CT molecular complexity index is 721. The Labute approximate surface area is 183 Å². The Hall–Kier alpha value is -1.56. The molecule has 6 nitrogen and oxygen atoms in total. The Morgan fingerprint density at radius 2 is 1.54 bits per heavy atom. The van der Waals surface area contributed by atoms with E-state index in [1.54, 1.807) is 18.8 Å². The van der Waals surface area contributed by atoms with Crippen molar-refractivity contribution in [3.05, 3.63) is 67.0 Å². The van der Waals surface area contributed by atoms with Crippen molar-refractivity contribution in [1.82, 2.24) is 4.98 Å². The van der Waals surface area contributed by atoms with E-state index in [-0.39, 0.29) is 25.2 Å². The molecule has 0 saturated carbocycles. The summed E-state index contributed by atoms with van der Waals surface area (Å²) in [6.07, 6.45) is 5.21. The fraction of sp³-hybridized carbons (Fsp3) is 0.300. The normalized spacial score (nSPS) is 8.29. The molecule has 0 aliphatic carbocycles. The molecule has 163 valence electrons. The van der Waals surface area contributed by atoms with E-state index in [9.17, 15) is 4.79 Å². The number of pyridine rings is 1. The molecule has 3 aromatic rings. The molecule has 8 heteroatoms. The van der Waals surface area contributed by atoms with Crippen molar-refractivity contribution < 1.29 is 34.2 Å². The van der Waals surface area contributed by atoms with Gasteiger partial charge in [0, 0.05) is 23.4 Å². The summed E-state index contributed by atoms with van der Waals surface area (Å²) in [5, 5.41) is 11.8. The van der Waals surface area contributed by atoms with Crippen molar-refractivity contribution >= 4 is 37.1 Å². The van der Waals surface area contributed by atoms with Crippen LogP contribution in [0.4, 0.5) is 0 Å². The van der Waals surface area contributed by atoms with Crippen molar-refractivity contribution in [2.75, 3.05) is 0 Å². The first kappa shape index (κ1) is 34.0. The van der Waals surface area contributed by atoms with Crippen LogP contribution in [-0.2, 0) is 23.6 Å². The van der Waals surface area contributed by atoms with Gasteiger partial charge in [-0.05, 0) is 17.9 Å². The van der Waals surface area contributed by atoms with Gasteiger partial charge in [-0.15, -0.1) is 0 Å². The largest absolute Gasteiger partial charge is 0.693 e. The van der Waals surface area contributed by atoms with Gasteiger partial charge in [0.05, 0.1) is 5.52 Å². The van der Waals surface area contributed by atoms with E-state index in [0.717, 1.165) is 24.8 Å². The van der Waals surface area contributed by atoms with E-state index in [4.69, 9.17) is 5.11 Å². The molecule has 0 saturated heterocycles. The summed E-state index contributed by atoms with van der Waals surface area (Å²) in [4.78, 5) is 14.3. The van der Waals surface area contributed by atoms with Crippen molar-refractivity contribution in [2.24, 2.45) is 0 Å². The SMILES string of the molecule is C.CCCCCC(=O)O.O.[Cl][Pt].[NH2-].[NH2-].c1ccc2c(c1)cnc1ccccc12. The van der Waals surface area contributed by atoms with Crippen molar-refractivity contribution in [3.63, 3.8) is 0 Å². The van der Waals surface area contributed by atoms with Gasteiger partial charge < -0.3 is 22.9 Å². The van der Waals surface area contributed by atoms with Crippen LogP contribution in [0, 0.1) is 0 Å². The Morgan fingerprint density at radius 1 is 1.00 bits per heavy atom. The number of carbonyl (C=O) groups is 1. The Morgan fingerprint density at radius 3 is 2.11 bits per heavy atom. The van der Waals surface area contributed by atoms with Crippen LogP contribution in [0.3, 0.4) is 0 Å². The number of para-hydroxylation sites is 1. The number of unbranched alkanes of at least 4 members (excludes halogenated alkanes) is 2. The fourth-order valence-electron chi connectivity index (χ4n) is 2.33. The molecule has 0 aliphatic heterocycles. The van der Waals surface area contributed by atoms with Gasteiger partial charge in [-0.25, -0.2) is 0 Å². The molecule has 0 aliphatic rings. The molecule has 0 spiro atoms. The van der Waals surface area contributed by atoms with Crippen LogP contribution in [0.15, 0.2) is 54.7 Å². The summed E-state index contributed by atoms with van der Waals surface area (Å²) in [7, 11) is 4.61. The van der Waals surface area contributed by atoms with Gasteiger partial charge in [0.15, 0.2) is 0 Å². The minimum absolute atomic E-state index is 0. The number of aliphatic carboxylic acids is 1. The van der Waals surface area contributed by atoms with E-state index in [1.807, 2.05) is 24.4 Å². The number of hydrogen-bond acceptors (Lipinski definition) is 2. The Kier molecular flexibility index (Phi) is 24.5. The minimum Gasteiger partial charge on any atom is -0.693 e. The molecule has 1 aromatic heterocycles. The second-order valence-electron chi connectivity index (χ2n) is 5.21. The van der Waals surface area contributed by atoms with E-state index in [0.29, 0.717) is 6.42 Å². The third-order valence-electron chi connectivity index (χ3n) is 3.49. The molecule has 3 rings (SSSR count). The number of nitrogens with two attached hydrogens (primary N) is 2. The van der Waals surface area contributed by atoms with Gasteiger partial charge in [0.25, 0.3) is 0 Å². The molecule has 2 aromatic carbocycles. The second-order valence-corrected chi connectivity index (χ2v) is 5.21. The minimum atomic E-state index is -0.682. The summed E-state index contributed by atoms with van der Waals surface area (Å²) >= 11 is 1.61. The average Bonchev–Trinajstić information content (AvgIpc) is 2.64. The maximum Gasteiger partial charge on any atom is 0.0708 e. The second kappa shape index (κ2) is 20.2.